The molecule has 1 heterocycles. The van der Waals surface area contributed by atoms with Crippen LogP contribution in [0, 0.1) is 12.8 Å². The number of hydrogen-bond acceptors (Lipinski definition) is 4. The first-order valence-corrected chi connectivity index (χ1v) is 5.23. The maximum absolute atomic E-state index is 11.9. The maximum atomic E-state index is 11.9. The molecule has 94 valence electrons. The van der Waals surface area contributed by atoms with Crippen LogP contribution in [0.4, 0.5) is 0 Å². The number of amidine groups is 1. The number of carbonyl (C=O) groups is 1. The van der Waals surface area contributed by atoms with E-state index in [4.69, 9.17) is 15.4 Å². The Bertz CT molecular complexity index is 425. The van der Waals surface area contributed by atoms with Crippen LogP contribution in [0.25, 0.3) is 0 Å². The van der Waals surface area contributed by atoms with Gasteiger partial charge in [-0.15, -0.1) is 0 Å². The Hall–Kier alpha value is -1.98. The molecule has 17 heavy (non-hydrogen) atoms. The zero-order valence-corrected chi connectivity index (χ0v) is 10.2. The zero-order valence-electron chi connectivity index (χ0n) is 10.2. The van der Waals surface area contributed by atoms with Gasteiger partial charge in [0.2, 0.25) is 0 Å². The summed E-state index contributed by atoms with van der Waals surface area (Å²) in [5.74, 6) is 0.431. The fourth-order valence-electron chi connectivity index (χ4n) is 1.46. The molecule has 0 aliphatic rings. The summed E-state index contributed by atoms with van der Waals surface area (Å²) < 4.78 is 5.07. The summed E-state index contributed by atoms with van der Waals surface area (Å²) in [5, 5.41) is 11.4. The molecule has 1 atom stereocenters. The number of nitrogens with zero attached hydrogens (tertiary/aromatic N) is 2. The van der Waals surface area contributed by atoms with Crippen molar-refractivity contribution in [2.24, 2.45) is 16.8 Å². The van der Waals surface area contributed by atoms with Gasteiger partial charge in [-0.05, 0) is 13.0 Å². The molecule has 1 unspecified atom stereocenters. The lowest BCUT2D eigenvalue weighted by Crippen LogP contribution is -2.36. The zero-order chi connectivity index (χ0) is 13.0. The van der Waals surface area contributed by atoms with Gasteiger partial charge in [-0.3, -0.25) is 4.79 Å². The Morgan fingerprint density at radius 2 is 2.35 bits per heavy atom. The van der Waals surface area contributed by atoms with Crippen molar-refractivity contribution < 1.29 is 14.4 Å². The van der Waals surface area contributed by atoms with Gasteiger partial charge in [0.25, 0.3) is 5.91 Å². The highest BCUT2D eigenvalue weighted by molar-refractivity contribution is 5.94. The number of hydrogen-bond donors (Lipinski definition) is 2. The Labute approximate surface area is 99.7 Å². The van der Waals surface area contributed by atoms with Crippen LogP contribution in [0.3, 0.4) is 0 Å². The van der Waals surface area contributed by atoms with Crippen LogP contribution in [0.2, 0.25) is 0 Å². The van der Waals surface area contributed by atoms with Gasteiger partial charge in [0.15, 0.2) is 0 Å². The molecule has 1 rings (SSSR count). The number of nitrogens with two attached hydrogens (primary N) is 1. The molecular weight excluding hydrogens is 222 g/mol. The van der Waals surface area contributed by atoms with Gasteiger partial charge in [0, 0.05) is 19.5 Å². The third-order valence-electron chi connectivity index (χ3n) is 2.49. The van der Waals surface area contributed by atoms with Crippen molar-refractivity contribution >= 4 is 11.7 Å². The van der Waals surface area contributed by atoms with Crippen LogP contribution in [-0.4, -0.2) is 35.4 Å². The van der Waals surface area contributed by atoms with Crippen LogP contribution >= 0.6 is 0 Å². The minimum Gasteiger partial charge on any atom is -0.469 e. The second-order valence-corrected chi connectivity index (χ2v) is 4.06. The van der Waals surface area contributed by atoms with Crippen molar-refractivity contribution in [1.82, 2.24) is 4.90 Å². The first kappa shape index (κ1) is 13.1. The molecule has 1 aromatic rings. The van der Waals surface area contributed by atoms with Crippen LogP contribution in [-0.2, 0) is 0 Å². The van der Waals surface area contributed by atoms with E-state index in [1.54, 1.807) is 27.0 Å². The van der Waals surface area contributed by atoms with E-state index >= 15 is 0 Å². The van der Waals surface area contributed by atoms with Gasteiger partial charge >= 0.3 is 0 Å². The largest absolute Gasteiger partial charge is 0.469 e. The van der Waals surface area contributed by atoms with Gasteiger partial charge < -0.3 is 20.3 Å². The minimum absolute atomic E-state index is 0.105. The van der Waals surface area contributed by atoms with Gasteiger partial charge in [-0.2, -0.15) is 0 Å². The standard InChI is InChI=1S/C11H17N3O3/c1-7(10(12)13-16)5-14(3)11(15)9-4-8(2)17-6-9/h4,6-7,16H,5H2,1-3H3,(H2,12,13). The first-order valence-electron chi connectivity index (χ1n) is 5.23. The fourth-order valence-corrected chi connectivity index (χ4v) is 1.46. The second kappa shape index (κ2) is 5.38. The third kappa shape index (κ3) is 3.24. The predicted octanol–water partition coefficient (Wildman–Crippen LogP) is 1.04. The highest BCUT2D eigenvalue weighted by Gasteiger charge is 2.18. The van der Waals surface area contributed by atoms with E-state index in [1.807, 2.05) is 0 Å². The van der Waals surface area contributed by atoms with Crippen LogP contribution in [0.15, 0.2) is 21.9 Å². The lowest BCUT2D eigenvalue weighted by atomic mass is 10.1. The van der Waals surface area contributed by atoms with Crippen molar-refractivity contribution in [3.8, 4) is 0 Å². The summed E-state index contributed by atoms with van der Waals surface area (Å²) in [6.45, 7) is 3.92. The molecule has 0 aliphatic carbocycles. The molecule has 1 amide bonds. The lowest BCUT2D eigenvalue weighted by Gasteiger charge is -2.20. The fraction of sp³-hybridized carbons (Fsp3) is 0.455. The summed E-state index contributed by atoms with van der Waals surface area (Å²) >= 11 is 0. The van der Waals surface area contributed by atoms with Crippen LogP contribution in [0.1, 0.15) is 23.0 Å². The van der Waals surface area contributed by atoms with E-state index < -0.39 is 0 Å². The third-order valence-corrected chi connectivity index (χ3v) is 2.49. The highest BCUT2D eigenvalue weighted by Crippen LogP contribution is 2.10. The van der Waals surface area contributed by atoms with E-state index in [0.29, 0.717) is 17.9 Å². The molecule has 0 aromatic carbocycles. The van der Waals surface area contributed by atoms with Crippen molar-refractivity contribution in [1.29, 1.82) is 0 Å². The summed E-state index contributed by atoms with van der Waals surface area (Å²) in [6, 6.07) is 1.67. The maximum Gasteiger partial charge on any atom is 0.256 e. The molecule has 1 aromatic heterocycles. The topological polar surface area (TPSA) is 92.1 Å². The highest BCUT2D eigenvalue weighted by atomic mass is 16.4. The Morgan fingerprint density at radius 3 is 2.82 bits per heavy atom. The normalized spacial score (nSPS) is 13.5. The number of amides is 1. The van der Waals surface area contributed by atoms with E-state index in [1.165, 1.54) is 11.2 Å². The van der Waals surface area contributed by atoms with Gasteiger partial charge in [0.05, 0.1) is 5.56 Å². The summed E-state index contributed by atoms with van der Waals surface area (Å²) in [6.07, 6.45) is 1.42. The van der Waals surface area contributed by atoms with Gasteiger partial charge in [0.1, 0.15) is 17.9 Å². The Kier molecular flexibility index (Phi) is 4.14. The Balaban J connectivity index is 2.65. The number of carbonyl (C=O) groups excluding carboxylic acids is 1. The van der Waals surface area contributed by atoms with E-state index in [2.05, 4.69) is 5.16 Å². The molecule has 6 nitrogen and oxygen atoms in total. The molecule has 0 aliphatic heterocycles. The smallest absolute Gasteiger partial charge is 0.256 e. The predicted molar refractivity (Wildman–Crippen MR) is 63.0 cm³/mol. The molecular formula is C11H17N3O3. The van der Waals surface area contributed by atoms with Crippen molar-refractivity contribution in [3.05, 3.63) is 23.7 Å². The lowest BCUT2D eigenvalue weighted by molar-refractivity contribution is 0.0785. The minimum atomic E-state index is -0.207. The average molecular weight is 239 g/mol. The number of aryl methyl sites for hydroxylation is 1. The van der Waals surface area contributed by atoms with Crippen molar-refractivity contribution in [2.75, 3.05) is 13.6 Å². The monoisotopic (exact) mass is 239 g/mol. The van der Waals surface area contributed by atoms with Gasteiger partial charge in [-0.1, -0.05) is 12.1 Å². The average Bonchev–Trinajstić information content (AvgIpc) is 2.73. The molecule has 0 bridgehead atoms. The molecule has 6 heteroatoms. The molecule has 0 saturated heterocycles. The molecule has 0 radical (unpaired) electrons. The van der Waals surface area contributed by atoms with E-state index in [0.717, 1.165) is 0 Å². The van der Waals surface area contributed by atoms with Crippen LogP contribution in [0.5, 0.6) is 0 Å². The molecule has 3 N–H and O–H groups in total. The molecule has 0 fully saturated rings. The van der Waals surface area contributed by atoms with E-state index in [9.17, 15) is 4.79 Å². The SMILES string of the molecule is Cc1cc(C(=O)N(C)CC(C)C(N)=NO)co1. The summed E-state index contributed by atoms with van der Waals surface area (Å²) in [5.41, 5.74) is 5.95. The Morgan fingerprint density at radius 1 is 1.71 bits per heavy atom. The molecule has 0 saturated carbocycles. The van der Waals surface area contributed by atoms with Crippen molar-refractivity contribution in [3.63, 3.8) is 0 Å². The number of oxime groups is 1. The second-order valence-electron chi connectivity index (χ2n) is 4.06. The summed E-state index contributed by atoms with van der Waals surface area (Å²) in [7, 11) is 1.66. The quantitative estimate of drug-likeness (QED) is 0.355. The number of rotatable bonds is 4. The van der Waals surface area contributed by atoms with Gasteiger partial charge in [-0.25, -0.2) is 0 Å². The summed E-state index contributed by atoms with van der Waals surface area (Å²) in [4.78, 5) is 13.4. The van der Waals surface area contributed by atoms with E-state index in [-0.39, 0.29) is 17.7 Å². The van der Waals surface area contributed by atoms with Crippen LogP contribution < -0.4 is 5.73 Å². The number of furan rings is 1. The van der Waals surface area contributed by atoms with Crippen molar-refractivity contribution in [2.45, 2.75) is 13.8 Å². The molecule has 0 spiro atoms. The first-order chi connectivity index (χ1) is 7.95.